The first-order chi connectivity index (χ1) is 11.2. The van der Waals surface area contributed by atoms with Crippen LogP contribution in [0.5, 0.6) is 0 Å². The first kappa shape index (κ1) is 18.1. The summed E-state index contributed by atoms with van der Waals surface area (Å²) < 4.78 is 50.5. The Kier molecular flexibility index (Phi) is 5.37. The highest BCUT2D eigenvalue weighted by Crippen LogP contribution is 2.33. The van der Waals surface area contributed by atoms with Crippen LogP contribution in [0, 0.1) is 5.82 Å². The minimum absolute atomic E-state index is 0.239. The number of halogens is 4. The molecule has 0 aliphatic heterocycles. The number of amides is 2. The van der Waals surface area contributed by atoms with Crippen molar-refractivity contribution in [2.45, 2.75) is 26.1 Å². The number of aromatic nitrogens is 2. The zero-order valence-electron chi connectivity index (χ0n) is 12.8. The van der Waals surface area contributed by atoms with Crippen molar-refractivity contribution < 1.29 is 22.4 Å². The fourth-order valence-corrected chi connectivity index (χ4v) is 2.67. The lowest BCUT2D eigenvalue weighted by Gasteiger charge is -2.28. The largest absolute Gasteiger partial charge is 0.445 e. The number of nitrogens with zero attached hydrogens (tertiary/aromatic N) is 3. The number of hydrogen-bond donors (Lipinski definition) is 1. The average molecular weight is 362 g/mol. The van der Waals surface area contributed by atoms with Gasteiger partial charge in [0.05, 0.1) is 6.04 Å². The smallest absolute Gasteiger partial charge is 0.318 e. The van der Waals surface area contributed by atoms with E-state index < -0.39 is 29.1 Å². The van der Waals surface area contributed by atoms with E-state index in [-0.39, 0.29) is 16.5 Å². The summed E-state index contributed by atoms with van der Waals surface area (Å²) in [5.74, 6) is -0.396. The number of anilines is 1. The van der Waals surface area contributed by atoms with Gasteiger partial charge in [0.2, 0.25) is 10.1 Å². The normalized spacial score (nSPS) is 12.8. The fourth-order valence-electron chi connectivity index (χ4n) is 2.07. The van der Waals surface area contributed by atoms with Crippen molar-refractivity contribution >= 4 is 22.5 Å². The number of alkyl halides is 3. The maximum absolute atomic E-state index is 13.0. The molecule has 1 aromatic carbocycles. The van der Waals surface area contributed by atoms with Crippen molar-refractivity contribution in [3.63, 3.8) is 0 Å². The van der Waals surface area contributed by atoms with E-state index in [1.54, 1.807) is 26.0 Å². The Bertz CT molecular complexity index is 702. The molecule has 0 saturated carbocycles. The van der Waals surface area contributed by atoms with Crippen molar-refractivity contribution in [1.29, 1.82) is 0 Å². The van der Waals surface area contributed by atoms with Gasteiger partial charge in [-0.25, -0.2) is 9.18 Å². The Morgan fingerprint density at radius 2 is 1.92 bits per heavy atom. The number of carbonyl (C=O) groups is 1. The molecule has 0 fully saturated rings. The molecular weight excluding hydrogens is 348 g/mol. The van der Waals surface area contributed by atoms with Crippen molar-refractivity contribution in [2.24, 2.45) is 0 Å². The SMILES string of the molecule is CCN(C(=O)Nc1nnc(C(F)(F)F)s1)[C@@H](C)c1ccc(F)cc1. The maximum atomic E-state index is 13.0. The molecule has 2 aromatic rings. The van der Waals surface area contributed by atoms with Crippen LogP contribution in [0.15, 0.2) is 24.3 Å². The number of carbonyl (C=O) groups excluding carboxylic acids is 1. The lowest BCUT2D eigenvalue weighted by molar-refractivity contribution is -0.138. The van der Waals surface area contributed by atoms with Crippen LogP contribution in [0.2, 0.25) is 0 Å². The first-order valence-corrected chi connectivity index (χ1v) is 7.77. The monoisotopic (exact) mass is 362 g/mol. The molecule has 1 atom stereocenters. The standard InChI is InChI=1S/C14H14F4N4OS/c1-3-22(8(2)9-4-6-10(15)7-5-9)13(23)19-12-21-20-11(24-12)14(16,17)18/h4-8H,3H2,1-2H3,(H,19,21,23)/t8-/m0/s1. The molecule has 0 aliphatic carbocycles. The Hall–Kier alpha value is -2.23. The highest BCUT2D eigenvalue weighted by Gasteiger charge is 2.36. The number of urea groups is 1. The molecule has 10 heteroatoms. The van der Waals surface area contributed by atoms with Gasteiger partial charge in [0, 0.05) is 6.54 Å². The predicted octanol–water partition coefficient (Wildman–Crippen LogP) is 4.31. The molecule has 0 unspecified atom stereocenters. The van der Waals surface area contributed by atoms with Gasteiger partial charge >= 0.3 is 12.2 Å². The van der Waals surface area contributed by atoms with Gasteiger partial charge in [0.1, 0.15) is 5.82 Å². The number of nitrogens with one attached hydrogen (secondary N) is 1. The van der Waals surface area contributed by atoms with E-state index in [0.29, 0.717) is 12.1 Å². The number of rotatable bonds is 4. The van der Waals surface area contributed by atoms with E-state index in [4.69, 9.17) is 0 Å². The van der Waals surface area contributed by atoms with Gasteiger partial charge in [-0.1, -0.05) is 23.5 Å². The summed E-state index contributed by atoms with van der Waals surface area (Å²) in [7, 11) is 0. The van der Waals surface area contributed by atoms with Crippen LogP contribution in [0.25, 0.3) is 0 Å². The van der Waals surface area contributed by atoms with Crippen molar-refractivity contribution in [1.82, 2.24) is 15.1 Å². The molecule has 130 valence electrons. The third-order valence-electron chi connectivity index (χ3n) is 3.30. The Morgan fingerprint density at radius 3 is 2.42 bits per heavy atom. The summed E-state index contributed by atoms with van der Waals surface area (Å²) in [4.78, 5) is 13.7. The second-order valence-corrected chi connectivity index (χ2v) is 5.83. The highest BCUT2D eigenvalue weighted by atomic mass is 32.1. The molecule has 0 saturated heterocycles. The number of benzene rings is 1. The average Bonchev–Trinajstić information content (AvgIpc) is 2.97. The lowest BCUT2D eigenvalue weighted by Crippen LogP contribution is -2.36. The summed E-state index contributed by atoms with van der Waals surface area (Å²) in [6, 6.07) is 4.63. The first-order valence-electron chi connectivity index (χ1n) is 6.96. The Labute approximate surface area is 139 Å². The topological polar surface area (TPSA) is 58.1 Å². The minimum atomic E-state index is -4.60. The van der Waals surface area contributed by atoms with Gasteiger partial charge in [0.25, 0.3) is 0 Å². The summed E-state index contributed by atoms with van der Waals surface area (Å²) in [5, 5.41) is 7.26. The molecule has 1 aromatic heterocycles. The van der Waals surface area contributed by atoms with E-state index in [1.165, 1.54) is 17.0 Å². The van der Waals surface area contributed by atoms with E-state index in [2.05, 4.69) is 15.5 Å². The van der Waals surface area contributed by atoms with Crippen LogP contribution in [0.1, 0.15) is 30.5 Å². The van der Waals surface area contributed by atoms with Crippen molar-refractivity contribution in [3.05, 3.63) is 40.7 Å². The summed E-state index contributed by atoms with van der Waals surface area (Å²) in [6.07, 6.45) is -4.60. The van der Waals surface area contributed by atoms with E-state index in [1.807, 2.05) is 0 Å². The third kappa shape index (κ3) is 4.19. The molecule has 24 heavy (non-hydrogen) atoms. The molecule has 0 aliphatic rings. The molecular formula is C14H14F4N4OS. The Morgan fingerprint density at radius 1 is 1.29 bits per heavy atom. The van der Waals surface area contributed by atoms with E-state index >= 15 is 0 Å². The third-order valence-corrected chi connectivity index (χ3v) is 4.19. The molecule has 0 radical (unpaired) electrons. The fraction of sp³-hybridized carbons (Fsp3) is 0.357. The van der Waals surface area contributed by atoms with Crippen molar-refractivity contribution in [3.8, 4) is 0 Å². The minimum Gasteiger partial charge on any atom is -0.318 e. The molecule has 1 N–H and O–H groups in total. The van der Waals surface area contributed by atoms with Gasteiger partial charge in [-0.15, -0.1) is 10.2 Å². The van der Waals surface area contributed by atoms with Crippen LogP contribution < -0.4 is 5.32 Å². The van der Waals surface area contributed by atoms with Gasteiger partial charge < -0.3 is 4.90 Å². The van der Waals surface area contributed by atoms with Crippen molar-refractivity contribution in [2.75, 3.05) is 11.9 Å². The lowest BCUT2D eigenvalue weighted by atomic mass is 10.1. The quantitative estimate of drug-likeness (QED) is 0.825. The van der Waals surface area contributed by atoms with E-state index in [0.717, 1.165) is 0 Å². The van der Waals surface area contributed by atoms with Crippen LogP contribution in [-0.4, -0.2) is 27.7 Å². The second-order valence-electron chi connectivity index (χ2n) is 4.85. The molecule has 0 spiro atoms. The van der Waals surface area contributed by atoms with Crippen LogP contribution in [0.3, 0.4) is 0 Å². The molecule has 2 amide bonds. The van der Waals surface area contributed by atoms with Crippen LogP contribution in [0.4, 0.5) is 27.5 Å². The maximum Gasteiger partial charge on any atom is 0.445 e. The van der Waals surface area contributed by atoms with Gasteiger partial charge in [-0.05, 0) is 31.5 Å². The highest BCUT2D eigenvalue weighted by molar-refractivity contribution is 7.15. The Balaban J connectivity index is 2.11. The second kappa shape index (κ2) is 7.12. The molecule has 1 heterocycles. The summed E-state index contributed by atoms with van der Waals surface area (Å²) in [5.41, 5.74) is 0.696. The number of hydrogen-bond acceptors (Lipinski definition) is 4. The molecule has 5 nitrogen and oxygen atoms in total. The molecule has 0 bridgehead atoms. The van der Waals surface area contributed by atoms with E-state index in [9.17, 15) is 22.4 Å². The summed E-state index contributed by atoms with van der Waals surface area (Å²) in [6.45, 7) is 3.76. The predicted molar refractivity (Wildman–Crippen MR) is 81.1 cm³/mol. The van der Waals surface area contributed by atoms with Gasteiger partial charge in [-0.3, -0.25) is 5.32 Å². The molecule has 2 rings (SSSR count). The van der Waals surface area contributed by atoms with Crippen LogP contribution in [-0.2, 0) is 6.18 Å². The zero-order chi connectivity index (χ0) is 17.9. The summed E-state index contributed by atoms with van der Waals surface area (Å²) >= 11 is 0.250. The van der Waals surface area contributed by atoms with Crippen LogP contribution >= 0.6 is 11.3 Å². The van der Waals surface area contributed by atoms with Gasteiger partial charge in [-0.2, -0.15) is 13.2 Å². The van der Waals surface area contributed by atoms with Gasteiger partial charge in [0.15, 0.2) is 0 Å². The zero-order valence-corrected chi connectivity index (χ0v) is 13.6.